The highest BCUT2D eigenvalue weighted by Gasteiger charge is 2.22. The molecular weight excluding hydrogens is 428 g/mol. The van der Waals surface area contributed by atoms with E-state index in [-0.39, 0.29) is 0 Å². The molecule has 2 fully saturated rings. The summed E-state index contributed by atoms with van der Waals surface area (Å²) in [5, 5.41) is 6.71. The number of hydrogen-bond donors (Lipinski definition) is 3. The summed E-state index contributed by atoms with van der Waals surface area (Å²) in [6, 6.07) is 12.6. The summed E-state index contributed by atoms with van der Waals surface area (Å²) in [6.45, 7) is 5.84. The lowest BCUT2D eigenvalue weighted by atomic mass is 10.1. The van der Waals surface area contributed by atoms with E-state index in [2.05, 4.69) is 58.7 Å². The van der Waals surface area contributed by atoms with E-state index in [1.54, 1.807) is 6.20 Å². The Morgan fingerprint density at radius 3 is 2.76 bits per heavy atom. The summed E-state index contributed by atoms with van der Waals surface area (Å²) < 4.78 is 5.74. The van der Waals surface area contributed by atoms with E-state index in [1.807, 2.05) is 24.4 Å². The number of imidazole rings is 1. The van der Waals surface area contributed by atoms with Crippen LogP contribution >= 0.6 is 0 Å². The van der Waals surface area contributed by atoms with Crippen molar-refractivity contribution in [1.29, 1.82) is 0 Å². The Morgan fingerprint density at radius 1 is 1.00 bits per heavy atom. The Balaban J connectivity index is 1.17. The average Bonchev–Trinajstić information content (AvgIpc) is 3.61. The topological polar surface area (TPSA) is 104 Å². The molecule has 1 aliphatic carbocycles. The monoisotopic (exact) mass is 456 g/mol. The van der Waals surface area contributed by atoms with Gasteiger partial charge in [0.05, 0.1) is 23.3 Å². The number of aromatic nitrogens is 5. The number of anilines is 2. The number of pyridine rings is 1. The van der Waals surface area contributed by atoms with E-state index in [9.17, 15) is 0 Å². The second-order valence-electron chi connectivity index (χ2n) is 9.00. The fourth-order valence-electron chi connectivity index (χ4n) is 4.17. The van der Waals surface area contributed by atoms with Crippen molar-refractivity contribution >= 4 is 22.8 Å². The van der Waals surface area contributed by atoms with E-state index in [0.717, 1.165) is 60.8 Å². The van der Waals surface area contributed by atoms with E-state index in [0.29, 0.717) is 24.5 Å². The Bertz CT molecular complexity index is 1280. The number of piperazine rings is 1. The number of ether oxygens (including phenoxy) is 1. The maximum Gasteiger partial charge on any atom is 0.316 e. The van der Waals surface area contributed by atoms with Crippen LogP contribution in [0.1, 0.15) is 18.4 Å². The third kappa shape index (κ3) is 5.00. The van der Waals surface area contributed by atoms with Gasteiger partial charge in [-0.1, -0.05) is 6.07 Å². The quantitative estimate of drug-likeness (QED) is 0.371. The van der Waals surface area contributed by atoms with Crippen LogP contribution in [0, 0.1) is 5.92 Å². The van der Waals surface area contributed by atoms with Gasteiger partial charge in [0, 0.05) is 50.7 Å². The number of rotatable bonds is 8. The van der Waals surface area contributed by atoms with E-state index in [4.69, 9.17) is 4.74 Å². The molecule has 1 aromatic carbocycles. The van der Waals surface area contributed by atoms with Crippen LogP contribution in [-0.4, -0.2) is 62.6 Å². The van der Waals surface area contributed by atoms with Gasteiger partial charge in [-0.3, -0.25) is 4.90 Å². The fraction of sp³-hybridized carbons (Fsp3) is 0.360. The van der Waals surface area contributed by atoms with Gasteiger partial charge in [-0.15, -0.1) is 0 Å². The molecule has 174 valence electrons. The van der Waals surface area contributed by atoms with Crippen LogP contribution in [0.15, 0.2) is 48.8 Å². The number of nitrogens with one attached hydrogen (secondary N) is 3. The molecule has 0 bridgehead atoms. The normalized spacial score (nSPS) is 16.6. The Morgan fingerprint density at radius 2 is 1.88 bits per heavy atom. The largest absolute Gasteiger partial charge is 0.463 e. The van der Waals surface area contributed by atoms with Crippen molar-refractivity contribution in [1.82, 2.24) is 35.1 Å². The van der Waals surface area contributed by atoms with Crippen LogP contribution in [-0.2, 0) is 6.54 Å². The van der Waals surface area contributed by atoms with Gasteiger partial charge in [0.1, 0.15) is 5.82 Å². The minimum Gasteiger partial charge on any atom is -0.463 e. The van der Waals surface area contributed by atoms with Crippen molar-refractivity contribution in [3.05, 3.63) is 54.4 Å². The molecule has 1 saturated carbocycles. The minimum atomic E-state index is 0.434. The molecule has 6 rings (SSSR count). The summed E-state index contributed by atoms with van der Waals surface area (Å²) in [5.41, 5.74) is 4.85. The SMILES string of the molecule is c1cc(CN2CCNCC2)cc(Nc2nc3ccc(-c4ccnc(OCC5CC5)n4)cc3[nH]2)n1. The zero-order valence-electron chi connectivity index (χ0n) is 19.0. The molecule has 9 nitrogen and oxygen atoms in total. The van der Waals surface area contributed by atoms with E-state index in [1.165, 1.54) is 18.4 Å². The molecule has 0 unspecified atom stereocenters. The van der Waals surface area contributed by atoms with E-state index >= 15 is 0 Å². The third-order valence-electron chi connectivity index (χ3n) is 6.24. The summed E-state index contributed by atoms with van der Waals surface area (Å²) in [7, 11) is 0. The fourth-order valence-corrected chi connectivity index (χ4v) is 4.17. The molecule has 1 saturated heterocycles. The van der Waals surface area contributed by atoms with Crippen LogP contribution in [0.4, 0.5) is 11.8 Å². The molecule has 4 aromatic rings. The zero-order valence-corrected chi connectivity index (χ0v) is 19.0. The highest BCUT2D eigenvalue weighted by atomic mass is 16.5. The van der Waals surface area contributed by atoms with Crippen LogP contribution in [0.5, 0.6) is 6.01 Å². The first-order chi connectivity index (χ1) is 16.8. The third-order valence-corrected chi connectivity index (χ3v) is 6.24. The molecule has 34 heavy (non-hydrogen) atoms. The van der Waals surface area contributed by atoms with Crippen molar-refractivity contribution in [3.8, 4) is 17.3 Å². The van der Waals surface area contributed by atoms with Crippen LogP contribution in [0.25, 0.3) is 22.3 Å². The first-order valence-corrected chi connectivity index (χ1v) is 11.9. The Labute approximate surface area is 198 Å². The maximum absolute atomic E-state index is 5.74. The molecule has 0 atom stereocenters. The van der Waals surface area contributed by atoms with Gasteiger partial charge >= 0.3 is 6.01 Å². The van der Waals surface area contributed by atoms with Crippen molar-refractivity contribution in [2.75, 3.05) is 38.1 Å². The molecule has 0 amide bonds. The highest BCUT2D eigenvalue weighted by molar-refractivity contribution is 5.83. The highest BCUT2D eigenvalue weighted by Crippen LogP contribution is 2.29. The second-order valence-corrected chi connectivity index (χ2v) is 9.00. The summed E-state index contributed by atoms with van der Waals surface area (Å²) in [4.78, 5) is 23.8. The lowest BCUT2D eigenvalue weighted by molar-refractivity contribution is 0.233. The average molecular weight is 457 g/mol. The van der Waals surface area contributed by atoms with Crippen molar-refractivity contribution in [3.63, 3.8) is 0 Å². The molecule has 9 heteroatoms. The van der Waals surface area contributed by atoms with Gasteiger partial charge in [-0.25, -0.2) is 15.0 Å². The number of hydrogen-bond acceptors (Lipinski definition) is 8. The number of nitrogens with zero attached hydrogens (tertiary/aromatic N) is 5. The summed E-state index contributed by atoms with van der Waals surface area (Å²) >= 11 is 0. The smallest absolute Gasteiger partial charge is 0.316 e. The number of benzene rings is 1. The predicted molar refractivity (Wildman–Crippen MR) is 131 cm³/mol. The summed E-state index contributed by atoms with van der Waals surface area (Å²) in [6.07, 6.45) is 6.07. The van der Waals surface area contributed by atoms with Gasteiger partial charge in [0.25, 0.3) is 0 Å². The summed E-state index contributed by atoms with van der Waals surface area (Å²) in [5.74, 6) is 2.10. The lowest BCUT2D eigenvalue weighted by Crippen LogP contribution is -2.42. The second kappa shape index (κ2) is 9.36. The zero-order chi connectivity index (χ0) is 22.7. The standard InChI is InChI=1S/C25H28N8O/c1-2-17(1)16-34-25-28-8-6-20(31-25)19-3-4-21-22(14-19)30-24(29-21)32-23-13-18(5-7-27-23)15-33-11-9-26-10-12-33/h3-8,13-14,17,26H,1-2,9-12,15-16H2,(H2,27,29,30,32). The van der Waals surface area contributed by atoms with Gasteiger partial charge in [-0.05, 0) is 54.7 Å². The molecule has 0 radical (unpaired) electrons. The number of aromatic amines is 1. The van der Waals surface area contributed by atoms with Gasteiger partial charge in [0.2, 0.25) is 5.95 Å². The first-order valence-electron chi connectivity index (χ1n) is 11.9. The molecule has 3 N–H and O–H groups in total. The van der Waals surface area contributed by atoms with Gasteiger partial charge in [0.15, 0.2) is 0 Å². The van der Waals surface area contributed by atoms with E-state index < -0.39 is 0 Å². The first kappa shape index (κ1) is 21.0. The van der Waals surface area contributed by atoms with Crippen molar-refractivity contribution in [2.45, 2.75) is 19.4 Å². The van der Waals surface area contributed by atoms with Gasteiger partial charge < -0.3 is 20.4 Å². The molecule has 1 aliphatic heterocycles. The molecule has 4 heterocycles. The molecule has 3 aromatic heterocycles. The predicted octanol–water partition coefficient (Wildman–Crippen LogP) is 3.35. The molecule has 0 spiro atoms. The van der Waals surface area contributed by atoms with Gasteiger partial charge in [-0.2, -0.15) is 4.98 Å². The van der Waals surface area contributed by atoms with Crippen LogP contribution < -0.4 is 15.4 Å². The number of fused-ring (bicyclic) bond motifs is 1. The Hall–Kier alpha value is -3.56. The Kier molecular flexibility index (Phi) is 5.78. The molecule has 2 aliphatic rings. The van der Waals surface area contributed by atoms with Crippen LogP contribution in [0.2, 0.25) is 0 Å². The van der Waals surface area contributed by atoms with Crippen molar-refractivity contribution < 1.29 is 4.74 Å². The van der Waals surface area contributed by atoms with Crippen LogP contribution in [0.3, 0.4) is 0 Å². The molecular formula is C25H28N8O. The lowest BCUT2D eigenvalue weighted by Gasteiger charge is -2.27. The number of H-pyrrole nitrogens is 1. The maximum atomic E-state index is 5.74. The minimum absolute atomic E-state index is 0.434. The van der Waals surface area contributed by atoms with Crippen molar-refractivity contribution in [2.24, 2.45) is 5.92 Å².